The minimum absolute atomic E-state index is 0.0635. The number of nitrogens with zero attached hydrogens (tertiary/aromatic N) is 2. The zero-order valence-electron chi connectivity index (χ0n) is 11.5. The molecule has 2 rings (SSSR count). The Morgan fingerprint density at radius 2 is 1.29 bits per heavy atom. The highest BCUT2D eigenvalue weighted by Gasteiger charge is 2.17. The van der Waals surface area contributed by atoms with Gasteiger partial charge < -0.3 is 15.3 Å². The summed E-state index contributed by atoms with van der Waals surface area (Å²) in [6.07, 6.45) is 6.75. The molecule has 0 atom stereocenters. The Balaban J connectivity index is 0.000000491. The Bertz CT molecular complexity index is 478. The third-order valence-electron chi connectivity index (χ3n) is 2.70. The fourth-order valence-electron chi connectivity index (χ4n) is 1.79. The van der Waals surface area contributed by atoms with Crippen LogP contribution in [0, 0.1) is 0 Å². The second kappa shape index (κ2) is 9.57. The van der Waals surface area contributed by atoms with Crippen molar-refractivity contribution in [1.29, 1.82) is 0 Å². The largest absolute Gasteiger partial charge is 0.481 e. The maximum absolute atomic E-state index is 10.9. The molecule has 6 nitrogen and oxygen atoms in total. The van der Waals surface area contributed by atoms with Crippen molar-refractivity contribution in [2.75, 3.05) is 13.2 Å². The average molecular weight is 290 g/mol. The molecule has 112 valence electrons. The number of aliphatic hydroxyl groups is 2. The Hall–Kier alpha value is -2.31. The van der Waals surface area contributed by atoms with Gasteiger partial charge in [-0.2, -0.15) is 0 Å². The van der Waals surface area contributed by atoms with Crippen molar-refractivity contribution in [2.45, 2.75) is 12.3 Å². The maximum atomic E-state index is 10.9. The van der Waals surface area contributed by atoms with E-state index in [1.165, 1.54) is 0 Å². The van der Waals surface area contributed by atoms with E-state index in [-0.39, 0.29) is 25.6 Å². The first kappa shape index (κ1) is 16.7. The summed E-state index contributed by atoms with van der Waals surface area (Å²) in [6.45, 7) is -0.250. The van der Waals surface area contributed by atoms with Crippen LogP contribution in [0.4, 0.5) is 0 Å². The van der Waals surface area contributed by atoms with Gasteiger partial charge in [-0.25, -0.2) is 0 Å². The number of pyridine rings is 2. The van der Waals surface area contributed by atoms with Gasteiger partial charge in [-0.15, -0.1) is 0 Å². The maximum Gasteiger partial charge on any atom is 0.304 e. The van der Waals surface area contributed by atoms with Crippen LogP contribution in [0.25, 0.3) is 0 Å². The van der Waals surface area contributed by atoms with E-state index < -0.39 is 5.97 Å². The van der Waals surface area contributed by atoms with Gasteiger partial charge in [-0.05, 0) is 35.4 Å². The van der Waals surface area contributed by atoms with Gasteiger partial charge in [0.2, 0.25) is 0 Å². The van der Waals surface area contributed by atoms with Crippen molar-refractivity contribution < 1.29 is 20.1 Å². The fraction of sp³-hybridized carbons (Fsp3) is 0.267. The molecular weight excluding hydrogens is 272 g/mol. The van der Waals surface area contributed by atoms with Crippen LogP contribution in [0.3, 0.4) is 0 Å². The van der Waals surface area contributed by atoms with Crippen molar-refractivity contribution in [3.8, 4) is 0 Å². The van der Waals surface area contributed by atoms with Gasteiger partial charge in [0, 0.05) is 30.7 Å². The van der Waals surface area contributed by atoms with E-state index >= 15 is 0 Å². The first-order valence-electron chi connectivity index (χ1n) is 6.42. The molecular formula is C15H18N2O4. The standard InChI is InChI=1S/C13H12N2O2.C2H6O2/c16-13(17)9-12(10-1-5-14-6-2-10)11-3-7-15-8-4-11;3-1-2-4/h1-8,12H,9H2,(H,16,17);3-4H,1-2H2. The molecule has 0 aliphatic heterocycles. The second-order valence-corrected chi connectivity index (χ2v) is 4.16. The van der Waals surface area contributed by atoms with Gasteiger partial charge in [0.15, 0.2) is 0 Å². The van der Waals surface area contributed by atoms with Gasteiger partial charge >= 0.3 is 5.97 Å². The number of hydrogen-bond acceptors (Lipinski definition) is 5. The van der Waals surface area contributed by atoms with E-state index in [1.807, 2.05) is 24.3 Å². The van der Waals surface area contributed by atoms with Crippen LogP contribution in [-0.2, 0) is 4.79 Å². The summed E-state index contributed by atoms with van der Waals surface area (Å²) in [4.78, 5) is 18.8. The lowest BCUT2D eigenvalue weighted by Gasteiger charge is -2.15. The Kier molecular flexibility index (Phi) is 7.63. The van der Waals surface area contributed by atoms with E-state index in [0.717, 1.165) is 11.1 Å². The number of aliphatic hydroxyl groups excluding tert-OH is 2. The molecule has 0 bridgehead atoms. The molecule has 0 saturated carbocycles. The summed E-state index contributed by atoms with van der Waals surface area (Å²) in [5, 5.41) is 24.2. The summed E-state index contributed by atoms with van der Waals surface area (Å²) in [6, 6.07) is 7.37. The Morgan fingerprint density at radius 3 is 1.57 bits per heavy atom. The predicted octanol–water partition coefficient (Wildman–Crippen LogP) is 1.05. The van der Waals surface area contributed by atoms with E-state index in [1.54, 1.807) is 24.8 Å². The van der Waals surface area contributed by atoms with Gasteiger partial charge in [0.25, 0.3) is 0 Å². The van der Waals surface area contributed by atoms with Crippen LogP contribution in [0.15, 0.2) is 49.1 Å². The van der Waals surface area contributed by atoms with Gasteiger partial charge in [-0.1, -0.05) is 0 Å². The number of carboxylic acid groups (broad SMARTS) is 1. The molecule has 0 aromatic carbocycles. The minimum atomic E-state index is -0.816. The summed E-state index contributed by atoms with van der Waals surface area (Å²) >= 11 is 0. The normalized spacial score (nSPS) is 9.86. The number of aliphatic carboxylic acids is 1. The van der Waals surface area contributed by atoms with Crippen LogP contribution >= 0.6 is 0 Å². The zero-order chi connectivity index (χ0) is 15.5. The molecule has 0 unspecified atom stereocenters. The first-order chi connectivity index (χ1) is 10.2. The minimum Gasteiger partial charge on any atom is -0.481 e. The Labute approximate surface area is 122 Å². The average Bonchev–Trinajstić information content (AvgIpc) is 2.54. The lowest BCUT2D eigenvalue weighted by molar-refractivity contribution is -0.137. The second-order valence-electron chi connectivity index (χ2n) is 4.16. The van der Waals surface area contributed by atoms with Crippen molar-refractivity contribution >= 4 is 5.97 Å². The number of rotatable bonds is 5. The van der Waals surface area contributed by atoms with E-state index in [9.17, 15) is 4.79 Å². The summed E-state index contributed by atoms with van der Waals surface area (Å²) in [7, 11) is 0. The fourth-order valence-corrected chi connectivity index (χ4v) is 1.79. The third kappa shape index (κ3) is 6.11. The molecule has 2 aromatic rings. The summed E-state index contributed by atoms with van der Waals surface area (Å²) < 4.78 is 0. The topological polar surface area (TPSA) is 104 Å². The number of hydrogen-bond donors (Lipinski definition) is 3. The van der Waals surface area contributed by atoms with Crippen molar-refractivity contribution in [3.05, 3.63) is 60.2 Å². The lowest BCUT2D eigenvalue weighted by atomic mass is 9.90. The molecule has 3 N–H and O–H groups in total. The lowest BCUT2D eigenvalue weighted by Crippen LogP contribution is -2.08. The summed E-state index contributed by atoms with van der Waals surface area (Å²) in [5.74, 6) is -0.970. The van der Waals surface area contributed by atoms with Crippen LogP contribution in [0.5, 0.6) is 0 Å². The first-order valence-corrected chi connectivity index (χ1v) is 6.42. The van der Waals surface area contributed by atoms with Gasteiger partial charge in [-0.3, -0.25) is 14.8 Å². The van der Waals surface area contributed by atoms with Crippen LogP contribution < -0.4 is 0 Å². The van der Waals surface area contributed by atoms with Crippen LogP contribution in [-0.4, -0.2) is 44.5 Å². The molecule has 0 aliphatic carbocycles. The molecule has 0 saturated heterocycles. The molecule has 0 fully saturated rings. The molecule has 6 heteroatoms. The van der Waals surface area contributed by atoms with E-state index in [2.05, 4.69) is 9.97 Å². The number of aromatic nitrogens is 2. The molecule has 0 aliphatic rings. The number of carboxylic acids is 1. The molecule has 2 aromatic heterocycles. The van der Waals surface area contributed by atoms with Gasteiger partial charge in [0.1, 0.15) is 0 Å². The molecule has 0 amide bonds. The third-order valence-corrected chi connectivity index (χ3v) is 2.70. The monoisotopic (exact) mass is 290 g/mol. The summed E-state index contributed by atoms with van der Waals surface area (Å²) in [5.41, 5.74) is 1.90. The van der Waals surface area contributed by atoms with Crippen LogP contribution in [0.2, 0.25) is 0 Å². The van der Waals surface area contributed by atoms with Gasteiger partial charge in [0.05, 0.1) is 19.6 Å². The molecule has 0 radical (unpaired) electrons. The van der Waals surface area contributed by atoms with E-state index in [4.69, 9.17) is 15.3 Å². The highest BCUT2D eigenvalue weighted by Crippen LogP contribution is 2.26. The van der Waals surface area contributed by atoms with Crippen molar-refractivity contribution in [2.24, 2.45) is 0 Å². The highest BCUT2D eigenvalue weighted by molar-refractivity contribution is 5.69. The zero-order valence-corrected chi connectivity index (χ0v) is 11.5. The smallest absolute Gasteiger partial charge is 0.304 e. The quantitative estimate of drug-likeness (QED) is 0.760. The Morgan fingerprint density at radius 1 is 0.905 bits per heavy atom. The van der Waals surface area contributed by atoms with Crippen molar-refractivity contribution in [1.82, 2.24) is 9.97 Å². The molecule has 21 heavy (non-hydrogen) atoms. The molecule has 2 heterocycles. The molecule has 0 spiro atoms. The van der Waals surface area contributed by atoms with Crippen molar-refractivity contribution in [3.63, 3.8) is 0 Å². The van der Waals surface area contributed by atoms with E-state index in [0.29, 0.717) is 0 Å². The highest BCUT2D eigenvalue weighted by atomic mass is 16.4. The number of carbonyl (C=O) groups is 1. The van der Waals surface area contributed by atoms with Crippen LogP contribution in [0.1, 0.15) is 23.5 Å². The predicted molar refractivity (Wildman–Crippen MR) is 76.7 cm³/mol. The SMILES string of the molecule is O=C(O)CC(c1ccncc1)c1ccncc1.OCCO.